The van der Waals surface area contributed by atoms with Gasteiger partial charge in [-0.2, -0.15) is 15.0 Å². The molecule has 0 aromatic carbocycles. The fourth-order valence-electron chi connectivity index (χ4n) is 2.25. The normalized spacial score (nSPS) is 13.2. The van der Waals surface area contributed by atoms with Gasteiger partial charge in [0.25, 0.3) is 0 Å². The zero-order valence-electron chi connectivity index (χ0n) is 16.7. The summed E-state index contributed by atoms with van der Waals surface area (Å²) in [5, 5.41) is 4.10. The van der Waals surface area contributed by atoms with E-state index in [0.29, 0.717) is 24.1 Å². The van der Waals surface area contributed by atoms with Crippen molar-refractivity contribution in [2.45, 2.75) is 77.8 Å². The second kappa shape index (κ2) is 9.42. The van der Waals surface area contributed by atoms with Crippen LogP contribution in [0.2, 0.25) is 0 Å². The topological polar surface area (TPSA) is 57.2 Å². The van der Waals surface area contributed by atoms with Crippen molar-refractivity contribution >= 4 is 23.7 Å². The third-order valence-electron chi connectivity index (χ3n) is 3.70. The Bertz CT molecular complexity index is 496. The second-order valence-corrected chi connectivity index (χ2v) is 8.25. The molecule has 1 N–H and O–H groups in total. The SMILES string of the molecule is CC(C)Nc1nc(SCC(C)N(C)C)nc(N(C(C)C)C(C)C)n1. The van der Waals surface area contributed by atoms with Crippen LogP contribution in [-0.2, 0) is 0 Å². The van der Waals surface area contributed by atoms with E-state index in [1.54, 1.807) is 11.8 Å². The molecule has 0 aliphatic rings. The van der Waals surface area contributed by atoms with Crippen LogP contribution in [0.5, 0.6) is 0 Å². The zero-order valence-corrected chi connectivity index (χ0v) is 17.5. The predicted octanol–water partition coefficient (Wildman–Crippen LogP) is 3.36. The minimum atomic E-state index is 0.283. The first kappa shape index (κ1) is 21.0. The molecule has 0 aliphatic heterocycles. The van der Waals surface area contributed by atoms with Crippen LogP contribution in [0.4, 0.5) is 11.9 Å². The summed E-state index contributed by atoms with van der Waals surface area (Å²) in [6, 6.07) is 1.41. The Balaban J connectivity index is 3.11. The molecule has 0 aliphatic carbocycles. The number of aromatic nitrogens is 3. The van der Waals surface area contributed by atoms with E-state index in [9.17, 15) is 0 Å². The molecule has 0 fully saturated rings. The van der Waals surface area contributed by atoms with Gasteiger partial charge in [-0.05, 0) is 62.6 Å². The van der Waals surface area contributed by atoms with E-state index in [-0.39, 0.29) is 6.04 Å². The summed E-state index contributed by atoms with van der Waals surface area (Å²) in [6.45, 7) is 15.1. The number of hydrogen-bond donors (Lipinski definition) is 1. The highest BCUT2D eigenvalue weighted by atomic mass is 32.2. The van der Waals surface area contributed by atoms with Crippen molar-refractivity contribution in [3.8, 4) is 0 Å². The van der Waals surface area contributed by atoms with E-state index in [0.717, 1.165) is 16.9 Å². The van der Waals surface area contributed by atoms with E-state index < -0.39 is 0 Å². The van der Waals surface area contributed by atoms with Gasteiger partial charge in [0.05, 0.1) is 0 Å². The second-order valence-electron chi connectivity index (χ2n) is 7.26. The largest absolute Gasteiger partial charge is 0.352 e. The lowest BCUT2D eigenvalue weighted by Crippen LogP contribution is -2.38. The van der Waals surface area contributed by atoms with Gasteiger partial charge in [-0.25, -0.2) is 0 Å². The number of rotatable bonds is 9. The van der Waals surface area contributed by atoms with E-state index in [1.165, 1.54) is 0 Å². The molecule has 0 saturated heterocycles. The van der Waals surface area contributed by atoms with E-state index >= 15 is 0 Å². The number of nitrogens with zero attached hydrogens (tertiary/aromatic N) is 5. The molecular formula is C17H34N6S. The van der Waals surface area contributed by atoms with Crippen molar-refractivity contribution < 1.29 is 0 Å². The van der Waals surface area contributed by atoms with Gasteiger partial charge in [0.2, 0.25) is 11.9 Å². The molecular weight excluding hydrogens is 320 g/mol. The fourth-order valence-corrected chi connectivity index (χ4v) is 3.24. The van der Waals surface area contributed by atoms with Crippen LogP contribution >= 0.6 is 11.8 Å². The molecule has 0 radical (unpaired) electrons. The van der Waals surface area contributed by atoms with Crippen molar-refractivity contribution in [2.75, 3.05) is 30.1 Å². The van der Waals surface area contributed by atoms with Crippen LogP contribution in [0.25, 0.3) is 0 Å². The lowest BCUT2D eigenvalue weighted by Gasteiger charge is -2.31. The summed E-state index contributed by atoms with van der Waals surface area (Å²) >= 11 is 1.68. The first-order chi connectivity index (χ1) is 11.1. The highest BCUT2D eigenvalue weighted by Gasteiger charge is 2.20. The molecule has 1 rings (SSSR count). The molecule has 0 amide bonds. The van der Waals surface area contributed by atoms with E-state index in [2.05, 4.69) is 87.6 Å². The summed E-state index contributed by atoms with van der Waals surface area (Å²) in [6.07, 6.45) is 0. The molecule has 1 atom stereocenters. The van der Waals surface area contributed by atoms with Gasteiger partial charge in [-0.1, -0.05) is 11.8 Å². The highest BCUT2D eigenvalue weighted by Crippen LogP contribution is 2.23. The van der Waals surface area contributed by atoms with E-state index in [4.69, 9.17) is 4.98 Å². The maximum absolute atomic E-state index is 4.72. The minimum Gasteiger partial charge on any atom is -0.352 e. The van der Waals surface area contributed by atoms with Crippen molar-refractivity contribution in [3.05, 3.63) is 0 Å². The fraction of sp³-hybridized carbons (Fsp3) is 0.824. The number of nitrogens with one attached hydrogen (secondary N) is 1. The lowest BCUT2D eigenvalue weighted by atomic mass is 10.2. The quantitative estimate of drug-likeness (QED) is 0.682. The Kier molecular flexibility index (Phi) is 8.22. The van der Waals surface area contributed by atoms with Gasteiger partial charge in [0.15, 0.2) is 5.16 Å². The van der Waals surface area contributed by atoms with Crippen molar-refractivity contribution in [3.63, 3.8) is 0 Å². The van der Waals surface area contributed by atoms with E-state index in [1.807, 2.05) is 0 Å². The standard InChI is InChI=1S/C17H34N6S/c1-11(2)18-15-19-16(23(12(3)4)13(5)6)21-17(20-15)24-10-14(7)22(8)9/h11-14H,10H2,1-9H3,(H,18,19,20,21). The maximum atomic E-state index is 4.72. The molecule has 24 heavy (non-hydrogen) atoms. The third kappa shape index (κ3) is 6.43. The number of hydrogen-bond acceptors (Lipinski definition) is 7. The summed E-state index contributed by atoms with van der Waals surface area (Å²) in [5.74, 6) is 2.35. The van der Waals surface area contributed by atoms with Crippen molar-refractivity contribution in [2.24, 2.45) is 0 Å². The minimum absolute atomic E-state index is 0.283. The molecule has 1 aromatic heterocycles. The van der Waals surface area contributed by atoms with Gasteiger partial charge in [0.1, 0.15) is 0 Å². The Morgan fingerprint density at radius 1 is 0.917 bits per heavy atom. The summed E-state index contributed by atoms with van der Waals surface area (Å²) < 4.78 is 0. The summed E-state index contributed by atoms with van der Waals surface area (Å²) in [7, 11) is 4.18. The Labute approximate surface area is 151 Å². The Morgan fingerprint density at radius 2 is 1.50 bits per heavy atom. The average molecular weight is 355 g/mol. The molecule has 1 heterocycles. The monoisotopic (exact) mass is 354 g/mol. The van der Waals surface area contributed by atoms with Gasteiger partial charge in [0, 0.05) is 29.9 Å². The summed E-state index contributed by atoms with van der Waals surface area (Å²) in [5.41, 5.74) is 0. The summed E-state index contributed by atoms with van der Waals surface area (Å²) in [4.78, 5) is 18.4. The van der Waals surface area contributed by atoms with Crippen LogP contribution < -0.4 is 10.2 Å². The third-order valence-corrected chi connectivity index (χ3v) is 4.79. The van der Waals surface area contributed by atoms with Gasteiger partial charge >= 0.3 is 0 Å². The first-order valence-corrected chi connectivity index (χ1v) is 9.70. The maximum Gasteiger partial charge on any atom is 0.231 e. The van der Waals surface area contributed by atoms with Gasteiger partial charge < -0.3 is 15.1 Å². The zero-order chi connectivity index (χ0) is 18.4. The molecule has 1 aromatic rings. The molecule has 0 bridgehead atoms. The molecule has 6 nitrogen and oxygen atoms in total. The number of thioether (sulfide) groups is 1. The number of anilines is 2. The van der Waals surface area contributed by atoms with Gasteiger partial charge in [-0.15, -0.1) is 0 Å². The molecule has 138 valence electrons. The molecule has 7 heteroatoms. The van der Waals surface area contributed by atoms with Crippen LogP contribution in [0, 0.1) is 0 Å². The molecule has 0 spiro atoms. The Hall–Kier alpha value is -1.08. The molecule has 0 saturated carbocycles. The van der Waals surface area contributed by atoms with Crippen LogP contribution in [-0.4, -0.2) is 63.9 Å². The van der Waals surface area contributed by atoms with Crippen molar-refractivity contribution in [1.29, 1.82) is 0 Å². The van der Waals surface area contributed by atoms with Crippen molar-refractivity contribution in [1.82, 2.24) is 19.9 Å². The van der Waals surface area contributed by atoms with Gasteiger partial charge in [-0.3, -0.25) is 0 Å². The van der Waals surface area contributed by atoms with Crippen LogP contribution in [0.1, 0.15) is 48.5 Å². The predicted molar refractivity (Wildman–Crippen MR) is 105 cm³/mol. The Morgan fingerprint density at radius 3 is 1.96 bits per heavy atom. The lowest BCUT2D eigenvalue weighted by molar-refractivity contribution is 0.340. The van der Waals surface area contributed by atoms with Crippen LogP contribution in [0.3, 0.4) is 0 Å². The van der Waals surface area contributed by atoms with Crippen LogP contribution in [0.15, 0.2) is 5.16 Å². The highest BCUT2D eigenvalue weighted by molar-refractivity contribution is 7.99. The average Bonchev–Trinajstić information content (AvgIpc) is 2.42. The smallest absolute Gasteiger partial charge is 0.231 e. The first-order valence-electron chi connectivity index (χ1n) is 8.72. The molecule has 1 unspecified atom stereocenters.